The van der Waals surface area contributed by atoms with Crippen molar-refractivity contribution >= 4 is 23.2 Å². The van der Waals surface area contributed by atoms with Crippen molar-refractivity contribution in [2.45, 2.75) is 19.8 Å². The number of nitrogens with one attached hydrogen (secondary N) is 1. The summed E-state index contributed by atoms with van der Waals surface area (Å²) in [7, 11) is 0. The van der Waals surface area contributed by atoms with Gasteiger partial charge in [-0.1, -0.05) is 16.8 Å². The number of furan rings is 1. The van der Waals surface area contributed by atoms with Crippen LogP contribution in [-0.2, 0) is 11.2 Å². The maximum atomic E-state index is 12.0. The first-order valence-electron chi connectivity index (χ1n) is 7.04. The van der Waals surface area contributed by atoms with E-state index in [0.29, 0.717) is 28.9 Å². The number of hydrogen-bond donors (Lipinski definition) is 1. The molecule has 1 N–H and O–H groups in total. The average Bonchev–Trinajstić information content (AvgIpc) is 3.18. The minimum Gasteiger partial charge on any atom is -0.461 e. The van der Waals surface area contributed by atoms with Gasteiger partial charge in [-0.15, -0.1) is 0 Å². The van der Waals surface area contributed by atoms with Crippen LogP contribution in [0.25, 0.3) is 11.6 Å². The summed E-state index contributed by atoms with van der Waals surface area (Å²) in [5.41, 5.74) is 1.64. The molecular formula is C16H14ClN3O3. The molecule has 0 spiro atoms. The fourth-order valence-corrected chi connectivity index (χ4v) is 2.29. The molecule has 0 aliphatic rings. The molecule has 23 heavy (non-hydrogen) atoms. The number of hydrogen-bond acceptors (Lipinski definition) is 5. The van der Waals surface area contributed by atoms with Crippen LogP contribution in [-0.4, -0.2) is 16.0 Å². The van der Waals surface area contributed by atoms with Gasteiger partial charge in [0.2, 0.25) is 17.6 Å². The maximum Gasteiger partial charge on any atom is 0.238 e. The highest BCUT2D eigenvalue weighted by atomic mass is 35.5. The largest absolute Gasteiger partial charge is 0.461 e. The minimum atomic E-state index is -0.131. The van der Waals surface area contributed by atoms with Crippen molar-refractivity contribution in [1.82, 2.24) is 10.1 Å². The maximum absolute atomic E-state index is 12.0. The van der Waals surface area contributed by atoms with E-state index < -0.39 is 0 Å². The highest BCUT2D eigenvalue weighted by Gasteiger charge is 2.12. The molecule has 3 aromatic rings. The van der Waals surface area contributed by atoms with Crippen LogP contribution < -0.4 is 5.32 Å². The van der Waals surface area contributed by atoms with Gasteiger partial charge in [0.25, 0.3) is 0 Å². The fourth-order valence-electron chi connectivity index (χ4n) is 2.06. The molecule has 0 saturated heterocycles. The number of nitrogens with zero attached hydrogens (tertiary/aromatic N) is 2. The number of rotatable bonds is 5. The fraction of sp³-hybridized carbons (Fsp3) is 0.188. The van der Waals surface area contributed by atoms with Crippen molar-refractivity contribution in [2.75, 3.05) is 5.32 Å². The van der Waals surface area contributed by atoms with Gasteiger partial charge in [0.1, 0.15) is 0 Å². The molecule has 118 valence electrons. The van der Waals surface area contributed by atoms with Gasteiger partial charge in [0.05, 0.1) is 6.26 Å². The van der Waals surface area contributed by atoms with Crippen LogP contribution in [0.4, 0.5) is 5.69 Å². The molecule has 0 saturated carbocycles. The zero-order chi connectivity index (χ0) is 16.2. The van der Waals surface area contributed by atoms with Crippen molar-refractivity contribution in [3.05, 3.63) is 53.1 Å². The van der Waals surface area contributed by atoms with Crippen LogP contribution in [0.15, 0.2) is 45.5 Å². The third kappa shape index (κ3) is 3.78. The minimum absolute atomic E-state index is 0.131. The highest BCUT2D eigenvalue weighted by molar-refractivity contribution is 6.30. The number of carbonyl (C=O) groups excluding carboxylic acids is 1. The molecule has 0 unspecified atom stereocenters. The molecule has 3 rings (SSSR count). The molecule has 0 bridgehead atoms. The first-order chi connectivity index (χ1) is 11.1. The Morgan fingerprint density at radius 3 is 2.96 bits per heavy atom. The van der Waals surface area contributed by atoms with E-state index in [4.69, 9.17) is 20.5 Å². The first-order valence-corrected chi connectivity index (χ1v) is 7.42. The predicted molar refractivity (Wildman–Crippen MR) is 85.1 cm³/mol. The number of carbonyl (C=O) groups is 1. The van der Waals surface area contributed by atoms with Gasteiger partial charge in [-0.05, 0) is 42.8 Å². The van der Waals surface area contributed by atoms with E-state index in [1.54, 1.807) is 30.3 Å². The van der Waals surface area contributed by atoms with Gasteiger partial charge in [-0.2, -0.15) is 4.98 Å². The number of anilines is 1. The molecule has 0 fully saturated rings. The van der Waals surface area contributed by atoms with Crippen LogP contribution in [0.3, 0.4) is 0 Å². The van der Waals surface area contributed by atoms with Crippen molar-refractivity contribution in [3.8, 4) is 11.6 Å². The summed E-state index contributed by atoms with van der Waals surface area (Å²) in [4.78, 5) is 16.2. The van der Waals surface area contributed by atoms with Crippen LogP contribution >= 0.6 is 11.6 Å². The lowest BCUT2D eigenvalue weighted by atomic mass is 10.2. The highest BCUT2D eigenvalue weighted by Crippen LogP contribution is 2.20. The number of aromatic nitrogens is 2. The number of amides is 1. The van der Waals surface area contributed by atoms with E-state index in [9.17, 15) is 4.79 Å². The Morgan fingerprint density at radius 1 is 1.35 bits per heavy atom. The molecule has 6 nitrogen and oxygen atoms in total. The third-order valence-corrected chi connectivity index (χ3v) is 3.47. The molecule has 2 heterocycles. The van der Waals surface area contributed by atoms with Crippen molar-refractivity contribution in [3.63, 3.8) is 0 Å². The van der Waals surface area contributed by atoms with Crippen molar-refractivity contribution < 1.29 is 13.7 Å². The quantitative estimate of drug-likeness (QED) is 0.767. The Bertz CT molecular complexity index is 812. The molecule has 7 heteroatoms. The summed E-state index contributed by atoms with van der Waals surface area (Å²) in [6, 6.07) is 8.79. The zero-order valence-corrected chi connectivity index (χ0v) is 13.1. The van der Waals surface area contributed by atoms with Gasteiger partial charge in [0, 0.05) is 23.6 Å². The molecule has 1 amide bonds. The number of aryl methyl sites for hydroxylation is 2. The molecule has 0 radical (unpaired) electrons. The van der Waals surface area contributed by atoms with E-state index in [1.807, 2.05) is 6.92 Å². The van der Waals surface area contributed by atoms with E-state index in [-0.39, 0.29) is 12.3 Å². The van der Waals surface area contributed by atoms with Crippen LogP contribution in [0.5, 0.6) is 0 Å². The van der Waals surface area contributed by atoms with Crippen molar-refractivity contribution in [1.29, 1.82) is 0 Å². The third-order valence-electron chi connectivity index (χ3n) is 3.24. The lowest BCUT2D eigenvalue weighted by Gasteiger charge is -2.07. The Hall–Kier alpha value is -2.60. The second kappa shape index (κ2) is 6.66. The molecule has 0 aliphatic heterocycles. The number of benzene rings is 1. The molecule has 0 atom stereocenters. The van der Waals surface area contributed by atoms with Gasteiger partial charge in [-0.3, -0.25) is 4.79 Å². The molecule has 1 aromatic carbocycles. The normalized spacial score (nSPS) is 10.7. The standard InChI is InChI=1S/C16H14ClN3O3/c1-10-9-11(17)4-5-12(10)18-14(21)6-7-15-19-16(20-23-15)13-3-2-8-22-13/h2-5,8-9H,6-7H2,1H3,(H,18,21). The molecular weight excluding hydrogens is 318 g/mol. The summed E-state index contributed by atoms with van der Waals surface area (Å²) >= 11 is 5.89. The SMILES string of the molecule is Cc1cc(Cl)ccc1NC(=O)CCc1nc(-c2ccco2)no1. The summed E-state index contributed by atoms with van der Waals surface area (Å²) in [6.45, 7) is 1.88. The van der Waals surface area contributed by atoms with Crippen molar-refractivity contribution in [2.24, 2.45) is 0 Å². The van der Waals surface area contributed by atoms with E-state index in [0.717, 1.165) is 11.3 Å². The second-order valence-electron chi connectivity index (χ2n) is 5.00. The van der Waals surface area contributed by atoms with Crippen LogP contribution in [0, 0.1) is 6.92 Å². The average molecular weight is 332 g/mol. The summed E-state index contributed by atoms with van der Waals surface area (Å²) in [5, 5.41) is 7.29. The summed E-state index contributed by atoms with van der Waals surface area (Å²) < 4.78 is 10.3. The lowest BCUT2D eigenvalue weighted by Crippen LogP contribution is -2.13. The zero-order valence-electron chi connectivity index (χ0n) is 12.4. The topological polar surface area (TPSA) is 81.2 Å². The smallest absolute Gasteiger partial charge is 0.238 e. The van der Waals surface area contributed by atoms with E-state index in [2.05, 4.69) is 15.5 Å². The Balaban J connectivity index is 1.57. The monoisotopic (exact) mass is 331 g/mol. The number of halogens is 1. The van der Waals surface area contributed by atoms with E-state index in [1.165, 1.54) is 6.26 Å². The Kier molecular flexibility index (Phi) is 4.43. The molecule has 2 aromatic heterocycles. The lowest BCUT2D eigenvalue weighted by molar-refractivity contribution is -0.116. The summed E-state index contributed by atoms with van der Waals surface area (Å²) in [6.07, 6.45) is 2.13. The Labute approximate surface area is 137 Å². The second-order valence-corrected chi connectivity index (χ2v) is 5.43. The first kappa shape index (κ1) is 15.3. The predicted octanol–water partition coefficient (Wildman–Crippen LogP) is 3.86. The van der Waals surface area contributed by atoms with Gasteiger partial charge < -0.3 is 14.3 Å². The molecule has 0 aliphatic carbocycles. The van der Waals surface area contributed by atoms with Gasteiger partial charge in [-0.25, -0.2) is 0 Å². The Morgan fingerprint density at radius 2 is 2.22 bits per heavy atom. The summed E-state index contributed by atoms with van der Waals surface area (Å²) in [5.74, 6) is 1.16. The van der Waals surface area contributed by atoms with Crippen LogP contribution in [0.1, 0.15) is 17.9 Å². The van der Waals surface area contributed by atoms with Gasteiger partial charge >= 0.3 is 0 Å². The van der Waals surface area contributed by atoms with E-state index >= 15 is 0 Å². The van der Waals surface area contributed by atoms with Crippen LogP contribution in [0.2, 0.25) is 5.02 Å². The van der Waals surface area contributed by atoms with Gasteiger partial charge in [0.15, 0.2) is 5.76 Å².